The lowest BCUT2D eigenvalue weighted by molar-refractivity contribution is 0.411. The molecule has 0 unspecified atom stereocenters. The van der Waals surface area contributed by atoms with E-state index in [1.165, 1.54) is 197 Å². The zero-order chi connectivity index (χ0) is 91.8. The Morgan fingerprint density at radius 2 is 0.307 bits per heavy atom. The Bertz CT molecular complexity index is 7680. The maximum Gasteiger partial charge on any atom is 0.121 e. The van der Waals surface area contributed by atoms with Gasteiger partial charge in [-0.3, -0.25) is 0 Å². The topological polar surface area (TPSA) is 76.4 Å². The minimum atomic E-state index is 0. The lowest BCUT2D eigenvalue weighted by Gasteiger charge is -2.08. The SMILES string of the molecule is C.C.C.C.C.C.C.C.CCn1c2ccccc2c2c1ccc1c3ccccc3n(CC)c12.CCn1c2ccccc2c2c1ccc1c3ccccc3n(CC)c12.CCn1c2ccccc2c2c3c4ccccc4n(CC)c3ccc21.CCn1c2ccccc2c2ccc3c4ccccc4n(CC)c3c21.COc1ccccc1C.COc1ccccc1C.COc1ccccc1C.COc1ccccc1C. The fourth-order valence-corrected chi connectivity index (χ4v) is 20.5. The van der Waals surface area contributed by atoms with Crippen LogP contribution in [0.15, 0.2) is 340 Å². The van der Waals surface area contributed by atoms with Gasteiger partial charge in [0, 0.05) is 194 Å². The molecule has 24 rings (SSSR count). The van der Waals surface area contributed by atoms with Crippen LogP contribution in [-0.2, 0) is 52.4 Å². The second kappa shape index (κ2) is 48.4. The fraction of sp³-hybridized carbons (Fsp3) is 0.250. The lowest BCUT2D eigenvalue weighted by Crippen LogP contribution is -1.98. The summed E-state index contributed by atoms with van der Waals surface area (Å²) in [5, 5.41) is 21.9. The summed E-state index contributed by atoms with van der Waals surface area (Å²) in [5.41, 5.74) is 26.2. The van der Waals surface area contributed by atoms with Crippen LogP contribution in [0, 0.1) is 27.7 Å². The summed E-state index contributed by atoms with van der Waals surface area (Å²) in [6.45, 7) is 33.9. The normalized spacial score (nSPS) is 10.6. The van der Waals surface area contributed by atoms with Crippen molar-refractivity contribution in [3.05, 3.63) is 362 Å². The van der Waals surface area contributed by atoms with Gasteiger partial charge in [-0.05, 0) is 202 Å². The molecule has 728 valence electrons. The monoisotopic (exact) mass is 1870 g/mol. The lowest BCUT2D eigenvalue weighted by atomic mass is 10.1. The molecule has 0 saturated carbocycles. The Morgan fingerprint density at radius 1 is 0.150 bits per heavy atom. The van der Waals surface area contributed by atoms with Crippen LogP contribution in [0.3, 0.4) is 0 Å². The molecule has 0 saturated heterocycles. The van der Waals surface area contributed by atoms with Crippen LogP contribution in [-0.4, -0.2) is 65.0 Å². The van der Waals surface area contributed by atoms with Crippen molar-refractivity contribution in [2.75, 3.05) is 28.4 Å². The molecule has 0 bridgehead atoms. The number of nitrogens with zero attached hydrogens (tertiary/aromatic N) is 8. The van der Waals surface area contributed by atoms with Crippen LogP contribution in [0.2, 0.25) is 0 Å². The quantitative estimate of drug-likeness (QED) is 0.122. The van der Waals surface area contributed by atoms with Crippen LogP contribution in [0.4, 0.5) is 0 Å². The van der Waals surface area contributed by atoms with E-state index in [9.17, 15) is 0 Å². The second-order valence-corrected chi connectivity index (χ2v) is 33.4. The van der Waals surface area contributed by atoms with Gasteiger partial charge < -0.3 is 55.5 Å². The smallest absolute Gasteiger partial charge is 0.121 e. The van der Waals surface area contributed by atoms with Gasteiger partial charge in [-0.15, -0.1) is 0 Å². The number of aromatic nitrogens is 8. The molecule has 0 aliphatic rings. The van der Waals surface area contributed by atoms with Crippen molar-refractivity contribution in [1.29, 1.82) is 0 Å². The van der Waals surface area contributed by atoms with Gasteiger partial charge >= 0.3 is 0 Å². The highest BCUT2D eigenvalue weighted by Gasteiger charge is 2.24. The van der Waals surface area contributed by atoms with Crippen molar-refractivity contribution in [2.24, 2.45) is 0 Å². The Hall–Kier alpha value is -14.9. The van der Waals surface area contributed by atoms with Crippen molar-refractivity contribution in [1.82, 2.24) is 36.5 Å². The summed E-state index contributed by atoms with van der Waals surface area (Å²) in [6, 6.07) is 120. The van der Waals surface area contributed by atoms with Crippen molar-refractivity contribution in [3.8, 4) is 23.0 Å². The largest absolute Gasteiger partial charge is 0.496 e. The number of fused-ring (bicyclic) bond motifs is 28. The molecule has 0 aliphatic heterocycles. The van der Waals surface area contributed by atoms with Crippen LogP contribution >= 0.6 is 0 Å². The van der Waals surface area contributed by atoms with Crippen LogP contribution in [0.5, 0.6) is 23.0 Å². The Morgan fingerprint density at radius 3 is 0.514 bits per heavy atom. The number of benzene rings is 16. The third kappa shape index (κ3) is 19.7. The van der Waals surface area contributed by atoms with E-state index in [1.54, 1.807) is 28.4 Å². The number of hydrogen-bond acceptors (Lipinski definition) is 4. The van der Waals surface area contributed by atoms with Gasteiger partial charge in [0.25, 0.3) is 0 Å². The zero-order valence-corrected chi connectivity index (χ0v) is 79.2. The van der Waals surface area contributed by atoms with E-state index in [4.69, 9.17) is 18.9 Å². The summed E-state index contributed by atoms with van der Waals surface area (Å²) < 4.78 is 39.8. The Kier molecular flexibility index (Phi) is 37.6. The highest BCUT2D eigenvalue weighted by Crippen LogP contribution is 2.45. The molecule has 8 heterocycles. The standard InChI is InChI=1S/4C22H20N2.4C8H10O.8CH4/c2*1-3-23-19-12-8-6-10-17(19)21-20(23)14-13-16-15-9-5-7-11-18(15)24(4-2)22(16)21;1-3-23-19-11-7-5-9-15(19)17-13-14-18-16-10-6-8-12-20(16)24(4-2)22(18)21(17)23;1-3-23-17-11-7-5-9-15(17)21-19(23)13-14-20-22(21)16-10-6-8-12-18(16)24(20)4-2;4*1-7-5-3-4-6-8(7)9-2;;;;;;;;/h4*5-14H,3-4H2,1-2H3;4*3-6H,1-2H3;8*1H4. The average Bonchev–Trinajstić information content (AvgIpc) is 1.57. The summed E-state index contributed by atoms with van der Waals surface area (Å²) in [5.74, 6) is 3.82. The second-order valence-electron chi connectivity index (χ2n) is 33.4. The maximum atomic E-state index is 5.04. The molecular weight excluding hydrogens is 1710 g/mol. The molecule has 0 fully saturated rings. The molecule has 0 radical (unpaired) electrons. The third-order valence-electron chi connectivity index (χ3n) is 26.4. The predicted molar refractivity (Wildman–Crippen MR) is 620 cm³/mol. The van der Waals surface area contributed by atoms with E-state index in [1.807, 2.05) is 125 Å². The van der Waals surface area contributed by atoms with Gasteiger partial charge in [0.1, 0.15) is 23.0 Å². The molecule has 8 aromatic heterocycles. The molecule has 0 aliphatic carbocycles. The first-order valence-electron chi connectivity index (χ1n) is 46.8. The van der Waals surface area contributed by atoms with Gasteiger partial charge in [-0.1, -0.05) is 302 Å². The first-order chi connectivity index (χ1) is 64.8. The molecule has 12 heteroatoms. The summed E-state index contributed by atoms with van der Waals surface area (Å²) in [4.78, 5) is 0. The third-order valence-corrected chi connectivity index (χ3v) is 26.4. The maximum absolute atomic E-state index is 5.04. The number of para-hydroxylation sites is 12. The molecule has 24 aromatic rings. The van der Waals surface area contributed by atoms with Crippen LogP contribution in [0.25, 0.3) is 174 Å². The number of ether oxygens (including phenoxy) is 4. The first-order valence-corrected chi connectivity index (χ1v) is 46.8. The Labute approximate surface area is 832 Å². The Balaban J connectivity index is 0.000000184. The molecular formula is C128H152N8O4. The fourth-order valence-electron chi connectivity index (χ4n) is 20.5. The highest BCUT2D eigenvalue weighted by atomic mass is 16.5. The van der Waals surface area contributed by atoms with Gasteiger partial charge in [0.15, 0.2) is 0 Å². The summed E-state index contributed by atoms with van der Waals surface area (Å²) >= 11 is 0. The number of methoxy groups -OCH3 is 4. The van der Waals surface area contributed by atoms with E-state index in [2.05, 4.69) is 335 Å². The number of rotatable bonds is 12. The van der Waals surface area contributed by atoms with Crippen molar-refractivity contribution < 1.29 is 18.9 Å². The molecule has 12 nitrogen and oxygen atoms in total. The van der Waals surface area contributed by atoms with E-state index in [0.717, 1.165) is 75.4 Å². The van der Waals surface area contributed by atoms with Gasteiger partial charge in [0.05, 0.1) is 61.5 Å². The van der Waals surface area contributed by atoms with E-state index < -0.39 is 0 Å². The molecule has 140 heavy (non-hydrogen) atoms. The molecule has 16 aromatic carbocycles. The molecule has 0 atom stereocenters. The zero-order valence-electron chi connectivity index (χ0n) is 79.2. The van der Waals surface area contributed by atoms with Crippen molar-refractivity contribution >= 4 is 174 Å². The van der Waals surface area contributed by atoms with Crippen molar-refractivity contribution in [2.45, 2.75) is 195 Å². The summed E-state index contributed by atoms with van der Waals surface area (Å²) in [7, 11) is 6.73. The minimum absolute atomic E-state index is 0. The highest BCUT2D eigenvalue weighted by molar-refractivity contribution is 6.30. The summed E-state index contributed by atoms with van der Waals surface area (Å²) in [6.07, 6.45) is 0. The number of aryl methyl sites for hydroxylation is 12. The average molecular weight is 1870 g/mol. The molecule has 0 spiro atoms. The van der Waals surface area contributed by atoms with Crippen molar-refractivity contribution in [3.63, 3.8) is 0 Å². The molecule has 0 N–H and O–H groups in total. The van der Waals surface area contributed by atoms with Gasteiger partial charge in [-0.2, -0.15) is 0 Å². The minimum Gasteiger partial charge on any atom is -0.496 e. The van der Waals surface area contributed by atoms with Gasteiger partial charge in [-0.25, -0.2) is 0 Å². The van der Waals surface area contributed by atoms with Gasteiger partial charge in [0.2, 0.25) is 0 Å². The predicted octanol–water partition coefficient (Wildman–Crippen LogP) is 36.9. The van der Waals surface area contributed by atoms with E-state index in [0.29, 0.717) is 0 Å². The first kappa shape index (κ1) is 109. The van der Waals surface area contributed by atoms with E-state index >= 15 is 0 Å². The molecule has 0 amide bonds. The van der Waals surface area contributed by atoms with Crippen LogP contribution < -0.4 is 18.9 Å². The van der Waals surface area contributed by atoms with Crippen LogP contribution in [0.1, 0.15) is 137 Å². The number of hydrogen-bond donors (Lipinski definition) is 0. The van der Waals surface area contributed by atoms with E-state index in [-0.39, 0.29) is 59.4 Å².